The van der Waals surface area contributed by atoms with Crippen LogP contribution in [0.3, 0.4) is 0 Å². The summed E-state index contributed by atoms with van der Waals surface area (Å²) in [6.07, 6.45) is 1.52. The van der Waals surface area contributed by atoms with E-state index in [0.29, 0.717) is 16.3 Å². The van der Waals surface area contributed by atoms with Gasteiger partial charge in [-0.15, -0.1) is 0 Å². The maximum Gasteiger partial charge on any atom is 0.239 e. The fourth-order valence-corrected chi connectivity index (χ4v) is 2.54. The molecule has 1 N–H and O–H groups in total. The van der Waals surface area contributed by atoms with Gasteiger partial charge >= 0.3 is 0 Å². The molecule has 0 atom stereocenters. The molecule has 0 aliphatic rings. The molecule has 0 aliphatic heterocycles. The molecular formula is C18H21ClFN3O3. The van der Waals surface area contributed by atoms with Gasteiger partial charge in [0.25, 0.3) is 0 Å². The summed E-state index contributed by atoms with van der Waals surface area (Å²) in [6.45, 7) is 0.412. The molecule has 0 fully saturated rings. The topological polar surface area (TPSA) is 65.8 Å². The van der Waals surface area contributed by atoms with Crippen molar-refractivity contribution in [2.75, 3.05) is 27.2 Å². The molecule has 2 rings (SSSR count). The average molecular weight is 382 g/mol. The number of nitrogens with zero attached hydrogens (tertiary/aromatic N) is 2. The fraction of sp³-hybridized carbons (Fsp3) is 0.333. The van der Waals surface area contributed by atoms with E-state index in [2.05, 4.69) is 5.32 Å². The molecular weight excluding hydrogens is 361 g/mol. The van der Waals surface area contributed by atoms with Crippen LogP contribution in [0.4, 0.5) is 4.39 Å². The lowest BCUT2D eigenvalue weighted by atomic mass is 10.2. The Balaban J connectivity index is 1.79. The first kappa shape index (κ1) is 19.9. The van der Waals surface area contributed by atoms with E-state index in [4.69, 9.17) is 16.0 Å². The zero-order chi connectivity index (χ0) is 19.1. The molecule has 0 bridgehead atoms. The molecule has 0 spiro atoms. The second-order valence-corrected chi connectivity index (χ2v) is 6.39. The number of amides is 2. The van der Waals surface area contributed by atoms with Crippen LogP contribution in [0.15, 0.2) is 41.0 Å². The molecule has 6 nitrogen and oxygen atoms in total. The highest BCUT2D eigenvalue weighted by molar-refractivity contribution is 6.31. The van der Waals surface area contributed by atoms with E-state index in [1.807, 2.05) is 0 Å². The largest absolute Gasteiger partial charge is 0.467 e. The van der Waals surface area contributed by atoms with Crippen LogP contribution in [-0.2, 0) is 22.7 Å². The van der Waals surface area contributed by atoms with E-state index in [0.717, 1.165) is 0 Å². The van der Waals surface area contributed by atoms with Gasteiger partial charge in [-0.2, -0.15) is 0 Å². The molecule has 0 aliphatic carbocycles. The van der Waals surface area contributed by atoms with Crippen molar-refractivity contribution in [3.63, 3.8) is 0 Å². The van der Waals surface area contributed by atoms with Crippen molar-refractivity contribution in [3.8, 4) is 0 Å². The van der Waals surface area contributed by atoms with Crippen LogP contribution < -0.4 is 5.32 Å². The maximum atomic E-state index is 13.8. The van der Waals surface area contributed by atoms with Gasteiger partial charge in [0.2, 0.25) is 11.8 Å². The van der Waals surface area contributed by atoms with Crippen LogP contribution in [0.2, 0.25) is 5.02 Å². The van der Waals surface area contributed by atoms with Gasteiger partial charge in [0.1, 0.15) is 11.6 Å². The molecule has 0 radical (unpaired) electrons. The molecule has 26 heavy (non-hydrogen) atoms. The van der Waals surface area contributed by atoms with Crippen molar-refractivity contribution in [3.05, 3.63) is 58.8 Å². The normalized spacial score (nSPS) is 10.8. The Bertz CT molecular complexity index is 732. The number of furan rings is 1. The Kier molecular flexibility index (Phi) is 7.17. The molecule has 2 aromatic rings. The molecule has 0 saturated carbocycles. The van der Waals surface area contributed by atoms with Crippen LogP contribution in [0.1, 0.15) is 11.3 Å². The lowest BCUT2D eigenvalue weighted by Gasteiger charge is -2.22. The second kappa shape index (κ2) is 9.35. The van der Waals surface area contributed by atoms with Crippen LogP contribution in [0, 0.1) is 5.82 Å². The van der Waals surface area contributed by atoms with Crippen molar-refractivity contribution >= 4 is 23.4 Å². The third-order valence-electron chi connectivity index (χ3n) is 3.74. The van der Waals surface area contributed by atoms with E-state index >= 15 is 0 Å². The van der Waals surface area contributed by atoms with E-state index in [1.54, 1.807) is 37.2 Å². The smallest absolute Gasteiger partial charge is 0.239 e. The van der Waals surface area contributed by atoms with Crippen molar-refractivity contribution < 1.29 is 18.4 Å². The number of halogens is 2. The summed E-state index contributed by atoms with van der Waals surface area (Å²) in [4.78, 5) is 27.1. The third kappa shape index (κ3) is 5.86. The third-order valence-corrected chi connectivity index (χ3v) is 4.10. The number of rotatable bonds is 8. The quantitative estimate of drug-likeness (QED) is 0.761. The number of hydrogen-bond donors (Lipinski definition) is 1. The van der Waals surface area contributed by atoms with E-state index in [9.17, 15) is 14.0 Å². The molecule has 1 aromatic carbocycles. The SMILES string of the molecule is CN(CC(=O)N(C)CC(=O)NCc1ccco1)Cc1c(F)cccc1Cl. The minimum atomic E-state index is -0.414. The predicted molar refractivity (Wildman–Crippen MR) is 95.9 cm³/mol. The minimum absolute atomic E-state index is 0.0344. The monoisotopic (exact) mass is 381 g/mol. The minimum Gasteiger partial charge on any atom is -0.467 e. The lowest BCUT2D eigenvalue weighted by molar-refractivity contribution is -0.135. The Morgan fingerprint density at radius 1 is 1.19 bits per heavy atom. The number of hydrogen-bond acceptors (Lipinski definition) is 4. The molecule has 140 valence electrons. The Hall–Kier alpha value is -2.38. The summed E-state index contributed by atoms with van der Waals surface area (Å²) in [5, 5.41) is 2.99. The van der Waals surface area contributed by atoms with Crippen molar-refractivity contribution in [2.45, 2.75) is 13.1 Å². The number of carbonyl (C=O) groups excluding carboxylic acids is 2. The number of carbonyl (C=O) groups is 2. The van der Waals surface area contributed by atoms with Crippen molar-refractivity contribution in [1.82, 2.24) is 15.1 Å². The van der Waals surface area contributed by atoms with Gasteiger partial charge in [-0.1, -0.05) is 17.7 Å². The Morgan fingerprint density at radius 3 is 2.62 bits per heavy atom. The van der Waals surface area contributed by atoms with Crippen LogP contribution in [0.5, 0.6) is 0 Å². The van der Waals surface area contributed by atoms with Gasteiger partial charge in [0.15, 0.2) is 0 Å². The van der Waals surface area contributed by atoms with Gasteiger partial charge in [0, 0.05) is 24.2 Å². The first-order chi connectivity index (χ1) is 12.4. The van der Waals surface area contributed by atoms with Crippen molar-refractivity contribution in [1.29, 1.82) is 0 Å². The molecule has 8 heteroatoms. The van der Waals surface area contributed by atoms with E-state index in [-0.39, 0.29) is 38.0 Å². The zero-order valence-electron chi connectivity index (χ0n) is 14.7. The predicted octanol–water partition coefficient (Wildman–Crippen LogP) is 2.28. The van der Waals surface area contributed by atoms with Crippen molar-refractivity contribution in [2.24, 2.45) is 0 Å². The average Bonchev–Trinajstić information content (AvgIpc) is 3.10. The van der Waals surface area contributed by atoms with Gasteiger partial charge in [-0.05, 0) is 31.3 Å². The van der Waals surface area contributed by atoms with E-state index in [1.165, 1.54) is 23.3 Å². The first-order valence-corrected chi connectivity index (χ1v) is 8.39. The highest BCUT2D eigenvalue weighted by Gasteiger charge is 2.17. The molecule has 1 heterocycles. The standard InChI is InChI=1S/C18H21ClFN3O3/c1-22(10-14-15(19)6-3-7-16(14)20)12-18(25)23(2)11-17(24)21-9-13-5-4-8-26-13/h3-8H,9-12H2,1-2H3,(H,21,24). The number of likely N-dealkylation sites (N-methyl/N-ethyl adjacent to an activating group) is 2. The van der Waals surface area contributed by atoms with Crippen LogP contribution in [-0.4, -0.2) is 48.8 Å². The summed E-state index contributed by atoms with van der Waals surface area (Å²) in [5.41, 5.74) is 0.336. The molecule has 2 amide bonds. The Morgan fingerprint density at radius 2 is 1.96 bits per heavy atom. The summed E-state index contributed by atoms with van der Waals surface area (Å²) in [7, 11) is 3.23. The van der Waals surface area contributed by atoms with Gasteiger partial charge in [-0.3, -0.25) is 14.5 Å². The fourth-order valence-electron chi connectivity index (χ4n) is 2.32. The van der Waals surface area contributed by atoms with Crippen LogP contribution in [0.25, 0.3) is 0 Å². The summed E-state index contributed by atoms with van der Waals surface area (Å²) < 4.78 is 18.9. The van der Waals surface area contributed by atoms with Gasteiger partial charge in [-0.25, -0.2) is 4.39 Å². The van der Waals surface area contributed by atoms with Gasteiger partial charge in [0.05, 0.1) is 25.9 Å². The first-order valence-electron chi connectivity index (χ1n) is 8.01. The lowest BCUT2D eigenvalue weighted by Crippen LogP contribution is -2.42. The number of benzene rings is 1. The summed E-state index contributed by atoms with van der Waals surface area (Å²) in [5.74, 6) is -0.332. The molecule has 0 unspecified atom stereocenters. The zero-order valence-corrected chi connectivity index (χ0v) is 15.4. The highest BCUT2D eigenvalue weighted by Crippen LogP contribution is 2.20. The Labute approximate surface area is 156 Å². The maximum absolute atomic E-state index is 13.8. The molecule has 0 saturated heterocycles. The summed E-state index contributed by atoms with van der Waals surface area (Å²) >= 11 is 6.00. The summed E-state index contributed by atoms with van der Waals surface area (Å²) in [6, 6.07) is 7.94. The van der Waals surface area contributed by atoms with Gasteiger partial charge < -0.3 is 14.6 Å². The number of nitrogens with one attached hydrogen (secondary N) is 1. The van der Waals surface area contributed by atoms with Crippen LogP contribution >= 0.6 is 11.6 Å². The molecule has 1 aromatic heterocycles. The second-order valence-electron chi connectivity index (χ2n) is 5.98. The highest BCUT2D eigenvalue weighted by atomic mass is 35.5. The van der Waals surface area contributed by atoms with E-state index < -0.39 is 5.82 Å².